The van der Waals surface area contributed by atoms with Crippen molar-refractivity contribution in [3.05, 3.63) is 34.9 Å². The molecule has 6 heteroatoms. The summed E-state index contributed by atoms with van der Waals surface area (Å²) in [5, 5.41) is 0.688. The minimum Gasteiger partial charge on any atom is -0.466 e. The maximum Gasteiger partial charge on any atom is 0.312 e. The van der Waals surface area contributed by atoms with Gasteiger partial charge in [0.1, 0.15) is 0 Å². The number of halogens is 1. The van der Waals surface area contributed by atoms with E-state index in [1.165, 1.54) is 19.3 Å². The molecule has 0 saturated carbocycles. The fourth-order valence-corrected chi connectivity index (χ4v) is 4.64. The number of esters is 1. The second kappa shape index (κ2) is 10.4. The van der Waals surface area contributed by atoms with E-state index in [1.807, 2.05) is 36.1 Å². The SMILES string of the molecule is CCOC(=O)C1(Cc2ccc(Cl)cc2)CCN(C(=O)CCN2CCCCC2)CC1. The Morgan fingerprint density at radius 3 is 2.31 bits per heavy atom. The average molecular weight is 421 g/mol. The predicted octanol–water partition coefficient (Wildman–Crippen LogP) is 3.93. The topological polar surface area (TPSA) is 49.9 Å². The molecule has 2 saturated heterocycles. The first-order chi connectivity index (χ1) is 14.0. The normalized spacial score (nSPS) is 19.7. The molecule has 160 valence electrons. The predicted molar refractivity (Wildman–Crippen MR) is 115 cm³/mol. The van der Waals surface area contributed by atoms with Crippen LogP contribution in [0.1, 0.15) is 51.0 Å². The number of rotatable bonds is 7. The van der Waals surface area contributed by atoms with E-state index < -0.39 is 5.41 Å². The Hall–Kier alpha value is -1.59. The summed E-state index contributed by atoms with van der Waals surface area (Å²) in [5.74, 6) is 0.0647. The minimum atomic E-state index is -0.562. The molecule has 2 aliphatic heterocycles. The molecule has 29 heavy (non-hydrogen) atoms. The molecular weight excluding hydrogens is 388 g/mol. The molecule has 2 fully saturated rings. The van der Waals surface area contributed by atoms with E-state index in [9.17, 15) is 9.59 Å². The van der Waals surface area contributed by atoms with Gasteiger partial charge in [-0.1, -0.05) is 30.2 Å². The van der Waals surface area contributed by atoms with Crippen LogP contribution in [0, 0.1) is 5.41 Å². The summed E-state index contributed by atoms with van der Waals surface area (Å²) in [5.41, 5.74) is 0.514. The van der Waals surface area contributed by atoms with E-state index in [4.69, 9.17) is 16.3 Å². The third-order valence-electron chi connectivity index (χ3n) is 6.33. The highest BCUT2D eigenvalue weighted by Crippen LogP contribution is 2.37. The largest absolute Gasteiger partial charge is 0.466 e. The third kappa shape index (κ3) is 5.95. The molecule has 0 bridgehead atoms. The molecule has 1 aromatic rings. The number of hydrogen-bond donors (Lipinski definition) is 0. The first-order valence-corrected chi connectivity index (χ1v) is 11.3. The molecule has 0 spiro atoms. The Kier molecular flexibility index (Phi) is 7.96. The van der Waals surface area contributed by atoms with E-state index in [-0.39, 0.29) is 11.9 Å². The van der Waals surface area contributed by atoms with E-state index >= 15 is 0 Å². The molecule has 0 N–H and O–H groups in total. The maximum atomic E-state index is 12.8. The zero-order valence-electron chi connectivity index (χ0n) is 17.5. The van der Waals surface area contributed by atoms with Crippen LogP contribution in [0.5, 0.6) is 0 Å². The fourth-order valence-electron chi connectivity index (χ4n) is 4.51. The Morgan fingerprint density at radius 2 is 1.69 bits per heavy atom. The van der Waals surface area contributed by atoms with Gasteiger partial charge in [-0.05, 0) is 69.8 Å². The van der Waals surface area contributed by atoms with Crippen molar-refractivity contribution < 1.29 is 14.3 Å². The minimum absolute atomic E-state index is 0.143. The van der Waals surface area contributed by atoms with Gasteiger partial charge in [-0.25, -0.2) is 0 Å². The number of likely N-dealkylation sites (tertiary alicyclic amines) is 2. The lowest BCUT2D eigenvalue weighted by Gasteiger charge is -2.40. The van der Waals surface area contributed by atoms with E-state index in [1.54, 1.807) is 0 Å². The molecule has 0 aliphatic carbocycles. The Bertz CT molecular complexity index is 678. The van der Waals surface area contributed by atoms with Crippen molar-refractivity contribution in [3.8, 4) is 0 Å². The van der Waals surface area contributed by atoms with Gasteiger partial charge in [0.2, 0.25) is 5.91 Å². The van der Waals surface area contributed by atoms with Gasteiger partial charge in [-0.3, -0.25) is 9.59 Å². The molecule has 2 heterocycles. The lowest BCUT2D eigenvalue weighted by atomic mass is 9.73. The molecule has 5 nitrogen and oxygen atoms in total. The van der Waals surface area contributed by atoms with Crippen LogP contribution in [0.15, 0.2) is 24.3 Å². The highest BCUT2D eigenvalue weighted by atomic mass is 35.5. The molecule has 1 amide bonds. The van der Waals surface area contributed by atoms with Crippen molar-refractivity contribution in [1.82, 2.24) is 9.80 Å². The van der Waals surface area contributed by atoms with Gasteiger partial charge in [0.15, 0.2) is 0 Å². The van der Waals surface area contributed by atoms with Crippen LogP contribution < -0.4 is 0 Å². The fraction of sp³-hybridized carbons (Fsp3) is 0.652. The van der Waals surface area contributed by atoms with Crippen molar-refractivity contribution >= 4 is 23.5 Å². The van der Waals surface area contributed by atoms with Crippen LogP contribution in [-0.2, 0) is 20.7 Å². The second-order valence-electron chi connectivity index (χ2n) is 8.34. The first kappa shape index (κ1) is 22.1. The molecule has 2 aliphatic rings. The molecule has 0 atom stereocenters. The van der Waals surface area contributed by atoms with E-state index in [2.05, 4.69) is 4.90 Å². The Morgan fingerprint density at radius 1 is 1.03 bits per heavy atom. The zero-order chi connectivity index (χ0) is 20.7. The number of piperidine rings is 2. The standard InChI is InChI=1S/C23H33ClN2O3/c1-2-29-22(28)23(18-19-6-8-20(24)9-7-19)11-16-26(17-12-23)21(27)10-15-25-13-4-3-5-14-25/h6-9H,2-5,10-18H2,1H3. The summed E-state index contributed by atoms with van der Waals surface area (Å²) < 4.78 is 5.43. The smallest absolute Gasteiger partial charge is 0.312 e. The number of amides is 1. The molecule has 0 radical (unpaired) electrons. The number of nitrogens with zero attached hydrogens (tertiary/aromatic N) is 2. The Balaban J connectivity index is 1.58. The maximum absolute atomic E-state index is 12.8. The number of ether oxygens (including phenoxy) is 1. The van der Waals surface area contributed by atoms with Crippen molar-refractivity contribution in [2.45, 2.75) is 51.9 Å². The number of carbonyl (C=O) groups is 2. The molecule has 3 rings (SSSR count). The lowest BCUT2D eigenvalue weighted by molar-refractivity contribution is -0.160. The third-order valence-corrected chi connectivity index (χ3v) is 6.58. The van der Waals surface area contributed by atoms with Gasteiger partial charge in [0, 0.05) is 31.1 Å². The van der Waals surface area contributed by atoms with Crippen LogP contribution in [0.3, 0.4) is 0 Å². The number of hydrogen-bond acceptors (Lipinski definition) is 4. The van der Waals surface area contributed by atoms with Crippen LogP contribution in [-0.4, -0.2) is 61.0 Å². The van der Waals surface area contributed by atoms with Crippen LogP contribution in [0.2, 0.25) is 5.02 Å². The van der Waals surface area contributed by atoms with Gasteiger partial charge in [-0.15, -0.1) is 0 Å². The number of carbonyl (C=O) groups excluding carboxylic acids is 2. The highest BCUT2D eigenvalue weighted by molar-refractivity contribution is 6.30. The summed E-state index contributed by atoms with van der Waals surface area (Å²) in [6.07, 6.45) is 6.27. The van der Waals surface area contributed by atoms with Crippen molar-refractivity contribution in [3.63, 3.8) is 0 Å². The first-order valence-electron chi connectivity index (χ1n) is 10.9. The summed E-state index contributed by atoms with van der Waals surface area (Å²) in [6, 6.07) is 7.66. The van der Waals surface area contributed by atoms with Crippen molar-refractivity contribution in [1.29, 1.82) is 0 Å². The van der Waals surface area contributed by atoms with Crippen LogP contribution in [0.25, 0.3) is 0 Å². The lowest BCUT2D eigenvalue weighted by Crippen LogP contribution is -2.48. The summed E-state index contributed by atoms with van der Waals surface area (Å²) in [7, 11) is 0. The summed E-state index contributed by atoms with van der Waals surface area (Å²) in [4.78, 5) is 29.9. The van der Waals surface area contributed by atoms with Crippen molar-refractivity contribution in [2.75, 3.05) is 39.3 Å². The zero-order valence-corrected chi connectivity index (χ0v) is 18.3. The summed E-state index contributed by atoms with van der Waals surface area (Å²) in [6.45, 7) is 6.52. The quantitative estimate of drug-likeness (QED) is 0.627. The Labute approximate surface area is 179 Å². The van der Waals surface area contributed by atoms with Crippen molar-refractivity contribution in [2.24, 2.45) is 5.41 Å². The molecule has 1 aromatic carbocycles. The monoisotopic (exact) mass is 420 g/mol. The van der Waals surface area contributed by atoms with Gasteiger partial charge in [0.05, 0.1) is 12.0 Å². The van der Waals surface area contributed by atoms with Crippen LogP contribution >= 0.6 is 11.6 Å². The highest BCUT2D eigenvalue weighted by Gasteiger charge is 2.43. The molecule has 0 aromatic heterocycles. The van der Waals surface area contributed by atoms with Gasteiger partial charge < -0.3 is 14.5 Å². The van der Waals surface area contributed by atoms with Crippen LogP contribution in [0.4, 0.5) is 0 Å². The molecular formula is C23H33ClN2O3. The number of benzene rings is 1. The van der Waals surface area contributed by atoms with E-state index in [0.29, 0.717) is 50.4 Å². The van der Waals surface area contributed by atoms with E-state index in [0.717, 1.165) is 25.2 Å². The molecule has 0 unspecified atom stereocenters. The van der Waals surface area contributed by atoms with Gasteiger partial charge in [0.25, 0.3) is 0 Å². The van der Waals surface area contributed by atoms with Gasteiger partial charge >= 0.3 is 5.97 Å². The average Bonchev–Trinajstić information content (AvgIpc) is 2.75. The second-order valence-corrected chi connectivity index (χ2v) is 8.77. The van der Waals surface area contributed by atoms with Gasteiger partial charge in [-0.2, -0.15) is 0 Å². The summed E-state index contributed by atoms with van der Waals surface area (Å²) >= 11 is 6.00.